The van der Waals surface area contributed by atoms with E-state index >= 15 is 0 Å². The molecule has 1 atom stereocenters. The summed E-state index contributed by atoms with van der Waals surface area (Å²) in [7, 11) is -3.82. The Morgan fingerprint density at radius 1 is 1.12 bits per heavy atom. The third kappa shape index (κ3) is 5.18. The molecular formula is C16H14Cl2N2O5S. The van der Waals surface area contributed by atoms with Crippen LogP contribution in [0.3, 0.4) is 0 Å². The van der Waals surface area contributed by atoms with Crippen molar-refractivity contribution in [3.8, 4) is 0 Å². The number of nitrogens with one attached hydrogen (secondary N) is 1. The van der Waals surface area contributed by atoms with Crippen LogP contribution in [0, 0.1) is 0 Å². The molecule has 1 unspecified atom stereocenters. The van der Waals surface area contributed by atoms with E-state index in [4.69, 9.17) is 33.1 Å². The fraction of sp³-hybridized carbons (Fsp3) is 0.125. The Balaban J connectivity index is 2.02. The van der Waals surface area contributed by atoms with Gasteiger partial charge in [-0.15, -0.1) is 0 Å². The molecule has 2 rings (SSSR count). The zero-order valence-corrected chi connectivity index (χ0v) is 15.7. The van der Waals surface area contributed by atoms with E-state index in [1.165, 1.54) is 49.4 Å². The molecule has 0 aliphatic heterocycles. The molecule has 7 nitrogen and oxygen atoms in total. The van der Waals surface area contributed by atoms with Gasteiger partial charge in [-0.3, -0.25) is 4.79 Å². The number of benzene rings is 2. The molecule has 0 spiro atoms. The third-order valence-corrected chi connectivity index (χ3v) is 4.73. The van der Waals surface area contributed by atoms with E-state index in [2.05, 4.69) is 5.32 Å². The van der Waals surface area contributed by atoms with Gasteiger partial charge < -0.3 is 10.1 Å². The fourth-order valence-corrected chi connectivity index (χ4v) is 2.91. The number of hydrogen-bond donors (Lipinski definition) is 2. The first-order chi connectivity index (χ1) is 12.1. The van der Waals surface area contributed by atoms with Gasteiger partial charge in [0.05, 0.1) is 15.5 Å². The lowest BCUT2D eigenvalue weighted by Gasteiger charge is -2.14. The molecule has 0 aliphatic carbocycles. The predicted octanol–water partition coefficient (Wildman–Crippen LogP) is 2.82. The first-order valence-corrected chi connectivity index (χ1v) is 9.48. The number of amides is 1. The maximum atomic E-state index is 12.1. The van der Waals surface area contributed by atoms with Crippen LogP contribution in [0.4, 0.5) is 5.69 Å². The molecule has 2 aromatic carbocycles. The summed E-state index contributed by atoms with van der Waals surface area (Å²) in [4.78, 5) is 24.1. The van der Waals surface area contributed by atoms with E-state index < -0.39 is 28.0 Å². The number of sulfonamides is 1. The van der Waals surface area contributed by atoms with E-state index in [1.807, 2.05) is 0 Å². The third-order valence-electron chi connectivity index (χ3n) is 3.25. The number of carbonyl (C=O) groups is 2. The summed E-state index contributed by atoms with van der Waals surface area (Å²) in [6.07, 6.45) is -1.12. The Hall–Kier alpha value is -2.13. The van der Waals surface area contributed by atoms with Crippen LogP contribution in [0.15, 0.2) is 47.4 Å². The van der Waals surface area contributed by atoms with Crippen molar-refractivity contribution < 1.29 is 22.7 Å². The standard InChI is InChI=1S/C16H14Cl2N2O5S/c1-9(25-16(22)13-7-2-10(17)8-14(13)18)15(21)20-11-3-5-12(6-4-11)26(19,23)24/h2-9H,1H3,(H,20,21)(H2,19,23,24). The average molecular weight is 417 g/mol. The van der Waals surface area contributed by atoms with Gasteiger partial charge in [-0.2, -0.15) is 0 Å². The van der Waals surface area contributed by atoms with Gasteiger partial charge in [-0.25, -0.2) is 18.4 Å². The van der Waals surface area contributed by atoms with Gasteiger partial charge in [-0.05, 0) is 49.4 Å². The highest BCUT2D eigenvalue weighted by atomic mass is 35.5. The second kappa shape index (κ2) is 8.05. The van der Waals surface area contributed by atoms with Crippen molar-refractivity contribution in [2.75, 3.05) is 5.32 Å². The quantitative estimate of drug-likeness (QED) is 0.726. The minimum absolute atomic E-state index is 0.0771. The Labute approximate surface area is 160 Å². The van der Waals surface area contributed by atoms with E-state index in [9.17, 15) is 18.0 Å². The number of ether oxygens (including phenoxy) is 1. The topological polar surface area (TPSA) is 116 Å². The molecule has 0 fully saturated rings. The van der Waals surface area contributed by atoms with Crippen molar-refractivity contribution in [1.29, 1.82) is 0 Å². The van der Waals surface area contributed by atoms with Crippen LogP contribution in [0.1, 0.15) is 17.3 Å². The Kier molecular flexibility index (Phi) is 6.25. The zero-order valence-electron chi connectivity index (χ0n) is 13.4. The normalized spacial score (nSPS) is 12.3. The van der Waals surface area contributed by atoms with Crippen molar-refractivity contribution in [1.82, 2.24) is 0 Å². The second-order valence-electron chi connectivity index (χ2n) is 5.23. The molecule has 138 valence electrons. The molecule has 26 heavy (non-hydrogen) atoms. The van der Waals surface area contributed by atoms with Gasteiger partial charge in [0.15, 0.2) is 6.10 Å². The highest BCUT2D eigenvalue weighted by Crippen LogP contribution is 2.22. The number of anilines is 1. The number of esters is 1. The molecule has 2 aromatic rings. The van der Waals surface area contributed by atoms with E-state index in [1.54, 1.807) is 0 Å². The van der Waals surface area contributed by atoms with Gasteiger partial charge in [0.2, 0.25) is 10.0 Å². The van der Waals surface area contributed by atoms with Crippen molar-refractivity contribution >= 4 is 50.8 Å². The minimum Gasteiger partial charge on any atom is -0.449 e. The highest BCUT2D eigenvalue weighted by Gasteiger charge is 2.21. The smallest absolute Gasteiger partial charge is 0.340 e. The molecule has 0 bridgehead atoms. The molecule has 1 amide bonds. The maximum Gasteiger partial charge on any atom is 0.340 e. The van der Waals surface area contributed by atoms with Crippen LogP contribution in [-0.2, 0) is 19.6 Å². The van der Waals surface area contributed by atoms with Crippen LogP contribution in [0.2, 0.25) is 10.0 Å². The van der Waals surface area contributed by atoms with Gasteiger partial charge >= 0.3 is 5.97 Å². The molecule has 10 heteroatoms. The monoisotopic (exact) mass is 416 g/mol. The number of rotatable bonds is 5. The molecule has 0 radical (unpaired) electrons. The molecule has 0 saturated carbocycles. The number of nitrogens with two attached hydrogens (primary N) is 1. The van der Waals surface area contributed by atoms with Crippen LogP contribution < -0.4 is 10.5 Å². The second-order valence-corrected chi connectivity index (χ2v) is 7.64. The van der Waals surface area contributed by atoms with E-state index in [-0.39, 0.29) is 15.5 Å². The minimum atomic E-state index is -3.82. The average Bonchev–Trinajstić information content (AvgIpc) is 2.54. The van der Waals surface area contributed by atoms with Crippen molar-refractivity contribution in [3.63, 3.8) is 0 Å². The van der Waals surface area contributed by atoms with Crippen molar-refractivity contribution in [2.45, 2.75) is 17.9 Å². The summed E-state index contributed by atoms with van der Waals surface area (Å²) in [6, 6.07) is 9.47. The molecule has 0 aromatic heterocycles. The number of primary sulfonamides is 1. The fourth-order valence-electron chi connectivity index (χ4n) is 1.90. The highest BCUT2D eigenvalue weighted by molar-refractivity contribution is 7.89. The number of halogens is 2. The molecule has 0 heterocycles. The summed E-state index contributed by atoms with van der Waals surface area (Å²) in [5.74, 6) is -1.38. The van der Waals surface area contributed by atoms with E-state index in [0.29, 0.717) is 10.7 Å². The first-order valence-electron chi connectivity index (χ1n) is 7.17. The summed E-state index contributed by atoms with van der Waals surface area (Å²) < 4.78 is 27.5. The first kappa shape index (κ1) is 20.2. The lowest BCUT2D eigenvalue weighted by atomic mass is 10.2. The number of hydrogen-bond acceptors (Lipinski definition) is 5. The van der Waals surface area contributed by atoms with Gasteiger partial charge in [0, 0.05) is 10.7 Å². The SMILES string of the molecule is CC(OC(=O)c1ccc(Cl)cc1Cl)C(=O)Nc1ccc(S(N)(=O)=O)cc1. The zero-order chi connectivity index (χ0) is 19.5. The summed E-state index contributed by atoms with van der Waals surface area (Å²) in [5, 5.41) is 7.96. The largest absolute Gasteiger partial charge is 0.449 e. The van der Waals surface area contributed by atoms with E-state index in [0.717, 1.165) is 0 Å². The summed E-state index contributed by atoms with van der Waals surface area (Å²) >= 11 is 11.7. The molecule has 3 N–H and O–H groups in total. The lowest BCUT2D eigenvalue weighted by molar-refractivity contribution is -0.123. The van der Waals surface area contributed by atoms with Crippen LogP contribution in [0.25, 0.3) is 0 Å². The van der Waals surface area contributed by atoms with Gasteiger partial charge in [0.25, 0.3) is 5.91 Å². The van der Waals surface area contributed by atoms with Crippen LogP contribution in [-0.4, -0.2) is 26.4 Å². The Morgan fingerprint density at radius 3 is 2.27 bits per heavy atom. The van der Waals surface area contributed by atoms with Crippen LogP contribution >= 0.6 is 23.2 Å². The predicted molar refractivity (Wildman–Crippen MR) is 97.8 cm³/mol. The summed E-state index contributed by atoms with van der Waals surface area (Å²) in [5.41, 5.74) is 0.392. The Morgan fingerprint density at radius 2 is 1.73 bits per heavy atom. The molecular weight excluding hydrogens is 403 g/mol. The number of carbonyl (C=O) groups excluding carboxylic acids is 2. The van der Waals surface area contributed by atoms with Crippen molar-refractivity contribution in [2.24, 2.45) is 5.14 Å². The maximum absolute atomic E-state index is 12.1. The lowest BCUT2D eigenvalue weighted by Crippen LogP contribution is -2.30. The van der Waals surface area contributed by atoms with Crippen LogP contribution in [0.5, 0.6) is 0 Å². The van der Waals surface area contributed by atoms with Gasteiger partial charge in [0.1, 0.15) is 0 Å². The summed E-state index contributed by atoms with van der Waals surface area (Å²) in [6.45, 7) is 1.38. The Bertz CT molecular complexity index is 946. The van der Waals surface area contributed by atoms with Gasteiger partial charge in [-0.1, -0.05) is 23.2 Å². The molecule has 0 saturated heterocycles. The van der Waals surface area contributed by atoms with Crippen molar-refractivity contribution in [3.05, 3.63) is 58.1 Å². The molecule has 0 aliphatic rings.